The molecular formula is C30H50N6O10. The Morgan fingerprint density at radius 3 is 2.33 bits per heavy atom. The van der Waals surface area contributed by atoms with E-state index in [2.05, 4.69) is 22.9 Å². The maximum Gasteiger partial charge on any atom is 0.330 e. The molecule has 1 aromatic rings. The summed E-state index contributed by atoms with van der Waals surface area (Å²) in [5, 5.41) is 38.8. The van der Waals surface area contributed by atoms with Gasteiger partial charge >= 0.3 is 11.7 Å². The molecule has 9 N–H and O–H groups in total. The number of hydrogen-bond donors (Lipinski definition) is 8. The third-order valence-corrected chi connectivity index (χ3v) is 7.74. The van der Waals surface area contributed by atoms with E-state index in [1.807, 2.05) is 18.8 Å². The van der Waals surface area contributed by atoms with Crippen LogP contribution in [0.15, 0.2) is 21.9 Å². The normalized spacial score (nSPS) is 21.4. The van der Waals surface area contributed by atoms with Gasteiger partial charge in [-0.2, -0.15) is 0 Å². The summed E-state index contributed by atoms with van der Waals surface area (Å²) in [7, 11) is 0. The fraction of sp³-hybridized carbons (Fsp3) is 0.733. The van der Waals surface area contributed by atoms with Gasteiger partial charge in [0.05, 0.1) is 6.04 Å². The molecule has 2 rings (SSSR count). The average Bonchev–Trinajstić information content (AvgIpc) is 3.27. The van der Waals surface area contributed by atoms with Crippen molar-refractivity contribution in [3.63, 3.8) is 0 Å². The minimum Gasteiger partial charge on any atom is -0.480 e. The van der Waals surface area contributed by atoms with E-state index in [0.717, 1.165) is 48.9 Å². The van der Waals surface area contributed by atoms with E-state index < -0.39 is 71.7 Å². The number of rotatable bonds is 20. The minimum absolute atomic E-state index is 0.0669. The Hall–Kier alpha value is -3.60. The lowest BCUT2D eigenvalue weighted by Gasteiger charge is -2.27. The molecule has 16 nitrogen and oxygen atoms in total. The van der Waals surface area contributed by atoms with E-state index in [0.29, 0.717) is 32.2 Å². The van der Waals surface area contributed by atoms with Crippen LogP contribution in [0.4, 0.5) is 0 Å². The number of ether oxygens (including phenoxy) is 1. The highest BCUT2D eigenvalue weighted by molar-refractivity contribution is 5.92. The van der Waals surface area contributed by atoms with Crippen LogP contribution < -0.4 is 32.9 Å². The molecule has 260 valence electrons. The average molecular weight is 655 g/mol. The first-order valence-corrected chi connectivity index (χ1v) is 16.0. The van der Waals surface area contributed by atoms with Crippen LogP contribution in [0.5, 0.6) is 0 Å². The van der Waals surface area contributed by atoms with Gasteiger partial charge in [0, 0.05) is 25.2 Å². The Bertz CT molecular complexity index is 1270. The van der Waals surface area contributed by atoms with Gasteiger partial charge in [0.25, 0.3) is 5.56 Å². The molecule has 0 bridgehead atoms. The van der Waals surface area contributed by atoms with Gasteiger partial charge < -0.3 is 41.7 Å². The molecular weight excluding hydrogens is 604 g/mol. The monoisotopic (exact) mass is 654 g/mol. The van der Waals surface area contributed by atoms with Crippen LogP contribution in [0, 0.1) is 5.92 Å². The number of unbranched alkanes of at least 4 members (excludes halogenated alkanes) is 5. The molecule has 0 spiro atoms. The zero-order valence-corrected chi connectivity index (χ0v) is 26.8. The Labute approximate surface area is 267 Å². The van der Waals surface area contributed by atoms with Gasteiger partial charge in [-0.3, -0.25) is 28.7 Å². The van der Waals surface area contributed by atoms with Crippen molar-refractivity contribution in [2.45, 2.75) is 128 Å². The first-order chi connectivity index (χ1) is 21.8. The SMILES string of the molecule is CCCCCCCC(=O)NCCCC[C@H](NC(=O)[C@@H](N)CC(C)C)C(=O)N[C@H](C(=O)O)[C@H]1O[C@@H](n2ccc(=O)[nH]c2=O)[C@H](O)[C@@H]1O. The molecule has 0 radical (unpaired) electrons. The van der Waals surface area contributed by atoms with Crippen molar-refractivity contribution in [1.82, 2.24) is 25.5 Å². The van der Waals surface area contributed by atoms with E-state index in [9.17, 15) is 44.1 Å². The molecule has 2 heterocycles. The summed E-state index contributed by atoms with van der Waals surface area (Å²) in [5.74, 6) is -3.10. The second kappa shape index (κ2) is 19.2. The minimum atomic E-state index is -1.90. The number of H-pyrrole nitrogens is 1. The van der Waals surface area contributed by atoms with Crippen molar-refractivity contribution in [3.05, 3.63) is 33.1 Å². The Balaban J connectivity index is 2.08. The molecule has 1 aromatic heterocycles. The van der Waals surface area contributed by atoms with E-state index in [1.165, 1.54) is 0 Å². The van der Waals surface area contributed by atoms with Crippen LogP contribution in [0.3, 0.4) is 0 Å². The first kappa shape index (κ1) is 38.6. The van der Waals surface area contributed by atoms with Crippen molar-refractivity contribution in [2.75, 3.05) is 6.54 Å². The Kier molecular flexibility index (Phi) is 16.1. The molecule has 1 aliphatic rings. The van der Waals surface area contributed by atoms with Crippen LogP contribution in [-0.2, 0) is 23.9 Å². The predicted molar refractivity (Wildman–Crippen MR) is 166 cm³/mol. The number of carboxylic acids is 1. The summed E-state index contributed by atoms with van der Waals surface area (Å²) < 4.78 is 6.32. The Morgan fingerprint density at radius 2 is 1.70 bits per heavy atom. The lowest BCUT2D eigenvalue weighted by molar-refractivity contribution is -0.149. The highest BCUT2D eigenvalue weighted by atomic mass is 16.6. The summed E-state index contributed by atoms with van der Waals surface area (Å²) in [6, 6.07) is -3.07. The van der Waals surface area contributed by atoms with Gasteiger partial charge in [0.2, 0.25) is 17.7 Å². The summed E-state index contributed by atoms with van der Waals surface area (Å²) >= 11 is 0. The molecule has 0 unspecified atom stereocenters. The summed E-state index contributed by atoms with van der Waals surface area (Å²) in [4.78, 5) is 76.2. The molecule has 3 amide bonds. The number of aromatic amines is 1. The predicted octanol–water partition coefficient (Wildman–Crippen LogP) is -0.770. The molecule has 1 aliphatic heterocycles. The molecule has 16 heteroatoms. The number of nitrogens with two attached hydrogens (primary N) is 1. The van der Waals surface area contributed by atoms with Crippen LogP contribution >= 0.6 is 0 Å². The van der Waals surface area contributed by atoms with Crippen molar-refractivity contribution in [3.8, 4) is 0 Å². The number of aliphatic carboxylic acids is 1. The lowest BCUT2D eigenvalue weighted by atomic mass is 10.0. The van der Waals surface area contributed by atoms with Crippen LogP contribution in [-0.4, -0.2) is 91.5 Å². The molecule has 0 aromatic carbocycles. The largest absolute Gasteiger partial charge is 0.480 e. The zero-order chi connectivity index (χ0) is 34.4. The van der Waals surface area contributed by atoms with Gasteiger partial charge in [-0.15, -0.1) is 0 Å². The maximum atomic E-state index is 13.4. The van der Waals surface area contributed by atoms with Gasteiger partial charge in [-0.05, 0) is 38.0 Å². The summed E-state index contributed by atoms with van der Waals surface area (Å²) in [6.45, 7) is 6.23. The van der Waals surface area contributed by atoms with Crippen molar-refractivity contribution < 1.29 is 39.2 Å². The van der Waals surface area contributed by atoms with E-state index in [1.54, 1.807) is 0 Å². The van der Waals surface area contributed by atoms with Crippen molar-refractivity contribution >= 4 is 23.7 Å². The smallest absolute Gasteiger partial charge is 0.330 e. The van der Waals surface area contributed by atoms with E-state index in [-0.39, 0.29) is 18.2 Å². The number of aliphatic hydroxyl groups is 2. The fourth-order valence-electron chi connectivity index (χ4n) is 5.20. The van der Waals surface area contributed by atoms with Crippen molar-refractivity contribution in [1.29, 1.82) is 0 Å². The zero-order valence-electron chi connectivity index (χ0n) is 26.8. The number of carbonyl (C=O) groups excluding carboxylic acids is 3. The third-order valence-electron chi connectivity index (χ3n) is 7.74. The molecule has 0 saturated carbocycles. The third kappa shape index (κ3) is 12.0. The van der Waals surface area contributed by atoms with Gasteiger partial charge in [-0.1, -0.05) is 46.5 Å². The summed E-state index contributed by atoms with van der Waals surface area (Å²) in [6.07, 6.45) is 0.936. The number of amides is 3. The van der Waals surface area contributed by atoms with Crippen molar-refractivity contribution in [2.24, 2.45) is 11.7 Å². The van der Waals surface area contributed by atoms with Gasteiger partial charge in [0.15, 0.2) is 12.3 Å². The van der Waals surface area contributed by atoms with Crippen LogP contribution in [0.25, 0.3) is 0 Å². The second-order valence-electron chi connectivity index (χ2n) is 12.1. The van der Waals surface area contributed by atoms with E-state index in [4.69, 9.17) is 10.5 Å². The molecule has 7 atom stereocenters. The standard InChI is InChI=1S/C30H50N6O10/c1-4-5-6-7-8-12-20(37)32-14-10-9-11-19(33-26(41)18(31)16-17(2)3)27(42)35-22(29(43)44)25-23(39)24(40)28(46-25)36-15-13-21(38)34-30(36)45/h13,15,17-19,22-25,28,39-40H,4-12,14,16,31H2,1-3H3,(H,32,37)(H,33,41)(H,35,42)(H,43,44)(H,34,38,45)/t18-,19-,22-,23-,24+,25+,28+/m0/s1. The number of hydrogen-bond acceptors (Lipinski definition) is 10. The molecule has 1 fully saturated rings. The topological polar surface area (TPSA) is 255 Å². The maximum absolute atomic E-state index is 13.4. The van der Waals surface area contributed by atoms with E-state index >= 15 is 0 Å². The van der Waals surface area contributed by atoms with Crippen LogP contribution in [0.1, 0.15) is 91.2 Å². The number of carbonyl (C=O) groups is 4. The molecule has 0 aliphatic carbocycles. The Morgan fingerprint density at radius 1 is 1.00 bits per heavy atom. The first-order valence-electron chi connectivity index (χ1n) is 16.0. The highest BCUT2D eigenvalue weighted by Gasteiger charge is 2.50. The van der Waals surface area contributed by atoms with Crippen LogP contribution in [0.2, 0.25) is 0 Å². The van der Waals surface area contributed by atoms with Gasteiger partial charge in [-0.25, -0.2) is 9.59 Å². The quantitative estimate of drug-likeness (QED) is 0.0810. The number of aromatic nitrogens is 2. The number of nitrogens with zero attached hydrogens (tertiary/aromatic N) is 1. The number of aliphatic hydroxyl groups excluding tert-OH is 2. The second-order valence-corrected chi connectivity index (χ2v) is 12.1. The molecule has 46 heavy (non-hydrogen) atoms. The number of carboxylic acid groups (broad SMARTS) is 1. The van der Waals surface area contributed by atoms with Gasteiger partial charge in [0.1, 0.15) is 24.4 Å². The summed E-state index contributed by atoms with van der Waals surface area (Å²) in [5.41, 5.74) is 4.31. The lowest BCUT2D eigenvalue weighted by Crippen LogP contribution is -2.58. The fourth-order valence-corrected chi connectivity index (χ4v) is 5.20. The highest BCUT2D eigenvalue weighted by Crippen LogP contribution is 2.30. The number of nitrogens with one attached hydrogen (secondary N) is 4. The molecule has 1 saturated heterocycles.